The van der Waals surface area contributed by atoms with Crippen molar-refractivity contribution in [3.8, 4) is 5.69 Å². The fourth-order valence-electron chi connectivity index (χ4n) is 5.31. The van der Waals surface area contributed by atoms with Crippen LogP contribution in [0.15, 0.2) is 32.5 Å². The van der Waals surface area contributed by atoms with Gasteiger partial charge in [-0.2, -0.15) is 0 Å². The van der Waals surface area contributed by atoms with E-state index in [1.54, 1.807) is 56.7 Å². The van der Waals surface area contributed by atoms with E-state index in [0.29, 0.717) is 16.9 Å². The number of sulfone groups is 1. The molecule has 1 aliphatic rings. The molecule has 4 rings (SSSR count). The van der Waals surface area contributed by atoms with Crippen LogP contribution in [0.4, 0.5) is 14.9 Å². The molecule has 0 N–H and O–H groups in total. The summed E-state index contributed by atoms with van der Waals surface area (Å²) >= 11 is 9.66. The molecule has 9 nitrogen and oxygen atoms in total. The molecular weight excluding hydrogens is 651 g/mol. The molecule has 0 unspecified atom stereocenters. The van der Waals surface area contributed by atoms with Crippen molar-refractivity contribution in [1.82, 2.24) is 14.5 Å². The average molecular weight is 686 g/mol. The number of benzene rings is 1. The summed E-state index contributed by atoms with van der Waals surface area (Å²) in [6.45, 7) is 13.2. The summed E-state index contributed by atoms with van der Waals surface area (Å²) in [7, 11) is -4.17. The Bertz CT molecular complexity index is 1750. The van der Waals surface area contributed by atoms with E-state index in [2.05, 4.69) is 20.9 Å². The van der Waals surface area contributed by atoms with E-state index in [1.165, 1.54) is 6.07 Å². The summed E-state index contributed by atoms with van der Waals surface area (Å²) in [5.41, 5.74) is -0.225. The first-order chi connectivity index (χ1) is 19.3. The second kappa shape index (κ2) is 11.4. The number of carbonyl (C=O) groups excluding carboxylic acids is 1. The summed E-state index contributed by atoms with van der Waals surface area (Å²) in [4.78, 5) is 34.5. The van der Waals surface area contributed by atoms with E-state index >= 15 is 4.39 Å². The van der Waals surface area contributed by atoms with E-state index in [1.807, 2.05) is 13.8 Å². The maximum atomic E-state index is 16.3. The number of anilines is 1. The third-order valence-corrected chi connectivity index (χ3v) is 9.51. The third kappa shape index (κ3) is 5.90. The van der Waals surface area contributed by atoms with E-state index in [-0.39, 0.29) is 51.6 Å². The Morgan fingerprint density at radius 1 is 1.24 bits per heavy atom. The van der Waals surface area contributed by atoms with Crippen LogP contribution in [-0.4, -0.2) is 66.5 Å². The fraction of sp³-hybridized carbons (Fsp3) is 0.483. The first kappa shape index (κ1) is 32.2. The molecule has 0 aliphatic carbocycles. The molecule has 2 aromatic heterocycles. The minimum atomic E-state index is -4.17. The van der Waals surface area contributed by atoms with Gasteiger partial charge in [-0.05, 0) is 74.2 Å². The van der Waals surface area contributed by atoms with E-state index in [9.17, 15) is 18.0 Å². The van der Waals surface area contributed by atoms with Crippen molar-refractivity contribution in [1.29, 1.82) is 0 Å². The second-order valence-electron chi connectivity index (χ2n) is 12.0. The molecule has 0 radical (unpaired) electrons. The molecule has 1 atom stereocenters. The van der Waals surface area contributed by atoms with Gasteiger partial charge in [0, 0.05) is 43.5 Å². The Kier molecular flexibility index (Phi) is 8.76. The molecule has 3 heterocycles. The van der Waals surface area contributed by atoms with Crippen molar-refractivity contribution in [2.75, 3.05) is 30.8 Å². The lowest BCUT2D eigenvalue weighted by atomic mass is 10.0. The van der Waals surface area contributed by atoms with E-state index < -0.39 is 43.8 Å². The van der Waals surface area contributed by atoms with Crippen LogP contribution in [-0.2, 0) is 14.6 Å². The van der Waals surface area contributed by atoms with Crippen molar-refractivity contribution >= 4 is 60.1 Å². The monoisotopic (exact) mass is 684 g/mol. The highest BCUT2D eigenvalue weighted by Crippen LogP contribution is 2.41. The molecule has 1 saturated heterocycles. The number of fused-ring (bicyclic) bond motifs is 1. The quantitative estimate of drug-likeness (QED) is 0.301. The Labute approximate surface area is 258 Å². The van der Waals surface area contributed by atoms with Crippen LogP contribution in [0.25, 0.3) is 16.6 Å². The van der Waals surface area contributed by atoms with Crippen molar-refractivity contribution in [3.63, 3.8) is 0 Å². The highest BCUT2D eigenvalue weighted by atomic mass is 79.9. The predicted octanol–water partition coefficient (Wildman–Crippen LogP) is 6.22. The number of amides is 1. The van der Waals surface area contributed by atoms with Gasteiger partial charge in [-0.25, -0.2) is 17.6 Å². The van der Waals surface area contributed by atoms with E-state index in [0.717, 1.165) is 10.8 Å². The van der Waals surface area contributed by atoms with Crippen LogP contribution in [0, 0.1) is 12.7 Å². The summed E-state index contributed by atoms with van der Waals surface area (Å²) in [6.07, 6.45) is 2.06. The lowest BCUT2D eigenvalue weighted by molar-refractivity contribution is 0.0159. The number of ether oxygens (including phenoxy) is 1. The largest absolute Gasteiger partial charge is 0.444 e. The normalized spacial score (nSPS) is 16.4. The van der Waals surface area contributed by atoms with Gasteiger partial charge in [0.15, 0.2) is 20.5 Å². The van der Waals surface area contributed by atoms with E-state index in [4.69, 9.17) is 16.3 Å². The number of rotatable bonds is 4. The van der Waals surface area contributed by atoms with Gasteiger partial charge < -0.3 is 14.5 Å². The summed E-state index contributed by atoms with van der Waals surface area (Å²) < 4.78 is 49.7. The van der Waals surface area contributed by atoms with Crippen molar-refractivity contribution in [2.45, 2.75) is 70.9 Å². The number of pyridine rings is 2. The molecular formula is C29H35BrClFN4O5S. The molecule has 1 aliphatic heterocycles. The highest BCUT2D eigenvalue weighted by Gasteiger charge is 2.36. The molecule has 13 heteroatoms. The van der Waals surface area contributed by atoms with Crippen LogP contribution in [0.1, 0.15) is 58.7 Å². The molecule has 3 aromatic rings. The Balaban J connectivity index is 2.08. The average Bonchev–Trinajstić information content (AvgIpc) is 2.85. The van der Waals surface area contributed by atoms with Gasteiger partial charge in [0.05, 0.1) is 32.1 Å². The number of nitrogens with zero attached hydrogens (tertiary/aromatic N) is 4. The summed E-state index contributed by atoms with van der Waals surface area (Å²) in [5.74, 6) is -0.974. The number of halogens is 3. The van der Waals surface area contributed by atoms with Gasteiger partial charge in [-0.15, -0.1) is 0 Å². The number of piperazine rings is 1. The van der Waals surface area contributed by atoms with Gasteiger partial charge in [0.2, 0.25) is 0 Å². The van der Waals surface area contributed by atoms with Gasteiger partial charge >= 0.3 is 6.09 Å². The zero-order valence-electron chi connectivity index (χ0n) is 24.9. The Morgan fingerprint density at radius 3 is 2.43 bits per heavy atom. The maximum Gasteiger partial charge on any atom is 0.410 e. The molecule has 1 amide bonds. The minimum Gasteiger partial charge on any atom is -0.444 e. The van der Waals surface area contributed by atoms with Crippen molar-refractivity contribution in [3.05, 3.63) is 55.3 Å². The number of hydrogen-bond donors (Lipinski definition) is 0. The smallest absolute Gasteiger partial charge is 0.410 e. The van der Waals surface area contributed by atoms with Crippen LogP contribution in [0.2, 0.25) is 5.02 Å². The molecule has 0 saturated carbocycles. The molecule has 42 heavy (non-hydrogen) atoms. The van der Waals surface area contributed by atoms with Crippen LogP contribution < -0.4 is 10.5 Å². The predicted molar refractivity (Wildman–Crippen MR) is 167 cm³/mol. The van der Waals surface area contributed by atoms with Crippen molar-refractivity contribution < 1.29 is 22.3 Å². The van der Waals surface area contributed by atoms with Gasteiger partial charge in [0.25, 0.3) is 5.56 Å². The zero-order valence-corrected chi connectivity index (χ0v) is 28.0. The zero-order chi connectivity index (χ0) is 31.5. The van der Waals surface area contributed by atoms with Crippen LogP contribution >= 0.6 is 27.5 Å². The third-order valence-electron chi connectivity index (χ3n) is 7.09. The number of aromatic nitrogens is 2. The van der Waals surface area contributed by atoms with Crippen LogP contribution in [0.5, 0.6) is 0 Å². The lowest BCUT2D eigenvalue weighted by Gasteiger charge is -2.42. The van der Waals surface area contributed by atoms with Crippen LogP contribution in [0.3, 0.4) is 0 Å². The minimum absolute atomic E-state index is 0.0123. The Hall–Kier alpha value is -2.70. The summed E-state index contributed by atoms with van der Waals surface area (Å²) in [5, 5.41) is 0.162. The molecule has 1 fully saturated rings. The molecule has 1 aromatic carbocycles. The molecule has 228 valence electrons. The number of hydrogen-bond acceptors (Lipinski definition) is 7. The lowest BCUT2D eigenvalue weighted by Crippen LogP contribution is -2.55. The molecule has 0 spiro atoms. The van der Waals surface area contributed by atoms with Gasteiger partial charge in [0.1, 0.15) is 5.60 Å². The second-order valence-corrected chi connectivity index (χ2v) is 15.1. The fourth-order valence-corrected chi connectivity index (χ4v) is 6.80. The number of carbonyl (C=O) groups is 1. The highest BCUT2D eigenvalue weighted by molar-refractivity contribution is 9.10. The number of aryl methyl sites for hydroxylation is 1. The maximum absolute atomic E-state index is 16.3. The van der Waals surface area contributed by atoms with Gasteiger partial charge in [-0.3, -0.25) is 14.3 Å². The van der Waals surface area contributed by atoms with Gasteiger partial charge in [-0.1, -0.05) is 25.4 Å². The molecule has 0 bridgehead atoms. The van der Waals surface area contributed by atoms with Crippen molar-refractivity contribution in [2.24, 2.45) is 0 Å². The SMILES string of the molecule is Cc1ccnc(C(C)C)c1-n1c(=O)c(S(C)(=O)=O)c(N2CCN(C(=O)OC(C)(C)C)[C@H](C)C2)c2cc(Cl)c(Br)c(F)c21. The standard InChI is InChI=1S/C29H35BrClFN4O5S/c1-15(2)22-23(16(3)9-10-33-22)36-24-18(13-19(31)20(30)21(24)32)25(26(27(36)37)42(8,39)40)34-11-12-35(17(4)14-34)28(38)41-29(5,6)7/h9-10,13,15,17H,11-12,14H2,1-8H3/t17-/m1/s1. The summed E-state index contributed by atoms with van der Waals surface area (Å²) in [6, 6.07) is 2.74. The first-order valence-corrected chi connectivity index (χ1v) is 16.6. The first-order valence-electron chi connectivity index (χ1n) is 13.5. The topological polar surface area (TPSA) is 102 Å². The Morgan fingerprint density at radius 2 is 1.88 bits per heavy atom.